The van der Waals surface area contributed by atoms with E-state index in [0.29, 0.717) is 25.3 Å². The first kappa shape index (κ1) is 19.9. The highest BCUT2D eigenvalue weighted by Gasteiger charge is 2.32. The van der Waals surface area contributed by atoms with Gasteiger partial charge in [-0.05, 0) is 49.5 Å². The molecule has 2 amide bonds. The number of piperidine rings is 1. The minimum Gasteiger partial charge on any atom is -0.356 e. The highest BCUT2D eigenvalue weighted by Crippen LogP contribution is 2.36. The van der Waals surface area contributed by atoms with Gasteiger partial charge in [-0.25, -0.2) is 0 Å². The Morgan fingerprint density at radius 2 is 1.70 bits per heavy atom. The Hall–Kier alpha value is -1.84. The van der Waals surface area contributed by atoms with E-state index in [2.05, 4.69) is 22.3 Å². The summed E-state index contributed by atoms with van der Waals surface area (Å²) in [6, 6.07) is 10.2. The molecule has 2 unspecified atom stereocenters. The highest BCUT2D eigenvalue weighted by atomic mass is 16.2. The number of nitrogens with one attached hydrogen (secondary N) is 1. The summed E-state index contributed by atoms with van der Waals surface area (Å²) in [5, 5.41) is 2.98. The molecule has 3 rings (SSSR count). The molecule has 4 nitrogen and oxygen atoms in total. The number of rotatable bonds is 8. The molecule has 4 heteroatoms. The van der Waals surface area contributed by atoms with Crippen molar-refractivity contribution in [1.82, 2.24) is 10.2 Å². The molecule has 0 bridgehead atoms. The maximum Gasteiger partial charge on any atom is 0.222 e. The number of nitrogens with zero attached hydrogens (tertiary/aromatic N) is 1. The fraction of sp³-hybridized carbons (Fsp3) is 0.652. The van der Waals surface area contributed by atoms with Crippen LogP contribution in [0.2, 0.25) is 0 Å². The third-order valence-electron chi connectivity index (χ3n) is 6.27. The molecule has 1 heterocycles. The van der Waals surface area contributed by atoms with Crippen LogP contribution in [-0.4, -0.2) is 36.3 Å². The Balaban J connectivity index is 1.25. The van der Waals surface area contributed by atoms with Gasteiger partial charge in [-0.2, -0.15) is 0 Å². The van der Waals surface area contributed by atoms with Crippen molar-refractivity contribution in [3.05, 3.63) is 35.9 Å². The van der Waals surface area contributed by atoms with Gasteiger partial charge in [-0.15, -0.1) is 0 Å². The molecule has 148 valence electrons. The Morgan fingerprint density at radius 1 is 0.963 bits per heavy atom. The molecule has 1 N–H and O–H groups in total. The second kappa shape index (κ2) is 10.5. The van der Waals surface area contributed by atoms with Crippen molar-refractivity contribution < 1.29 is 9.59 Å². The smallest absolute Gasteiger partial charge is 0.222 e. The Morgan fingerprint density at radius 3 is 2.52 bits per heavy atom. The molecule has 1 saturated heterocycles. The third-order valence-corrected chi connectivity index (χ3v) is 6.27. The zero-order valence-electron chi connectivity index (χ0n) is 16.5. The van der Waals surface area contributed by atoms with Crippen molar-refractivity contribution in [3.8, 4) is 0 Å². The van der Waals surface area contributed by atoms with E-state index in [0.717, 1.165) is 44.2 Å². The largest absolute Gasteiger partial charge is 0.356 e. The quantitative estimate of drug-likeness (QED) is 0.705. The lowest BCUT2D eigenvalue weighted by molar-refractivity contribution is -0.134. The minimum absolute atomic E-state index is 0.0985. The third kappa shape index (κ3) is 6.37. The van der Waals surface area contributed by atoms with Gasteiger partial charge in [0.15, 0.2) is 0 Å². The molecule has 1 aromatic carbocycles. The van der Waals surface area contributed by atoms with E-state index in [9.17, 15) is 9.59 Å². The van der Waals surface area contributed by atoms with Gasteiger partial charge >= 0.3 is 0 Å². The van der Waals surface area contributed by atoms with Crippen molar-refractivity contribution in [1.29, 1.82) is 0 Å². The standard InChI is InChI=1S/C23H34N2O2/c26-22(24-16-14-19-8-2-1-3-9-19)12-6-7-13-23(27)25-17-15-20-10-4-5-11-21(20)18-25/h1-3,8-9,20-21H,4-7,10-18H2,(H,24,26). The van der Waals surface area contributed by atoms with Gasteiger partial charge in [0, 0.05) is 32.5 Å². The van der Waals surface area contributed by atoms with Crippen LogP contribution in [0.1, 0.15) is 63.4 Å². The summed E-state index contributed by atoms with van der Waals surface area (Å²) in [6.45, 7) is 2.60. The molecular weight excluding hydrogens is 336 g/mol. The van der Waals surface area contributed by atoms with E-state index in [1.807, 2.05) is 18.2 Å². The fourth-order valence-corrected chi connectivity index (χ4v) is 4.63. The van der Waals surface area contributed by atoms with E-state index >= 15 is 0 Å². The molecular formula is C23H34N2O2. The lowest BCUT2D eigenvalue weighted by atomic mass is 9.75. The molecule has 1 aliphatic heterocycles. The molecule has 2 atom stereocenters. The van der Waals surface area contributed by atoms with E-state index in [1.54, 1.807) is 0 Å². The van der Waals surface area contributed by atoms with Crippen LogP contribution < -0.4 is 5.32 Å². The normalized spacial score (nSPS) is 22.1. The molecule has 1 saturated carbocycles. The number of carbonyl (C=O) groups excluding carboxylic acids is 2. The minimum atomic E-state index is 0.0985. The SMILES string of the molecule is O=C(CCCCC(=O)N1CCC2CCCCC2C1)NCCc1ccccc1. The van der Waals surface area contributed by atoms with Crippen molar-refractivity contribution in [2.24, 2.45) is 11.8 Å². The van der Waals surface area contributed by atoms with Crippen molar-refractivity contribution in [3.63, 3.8) is 0 Å². The van der Waals surface area contributed by atoms with Crippen LogP contribution in [0.25, 0.3) is 0 Å². The summed E-state index contributed by atoms with van der Waals surface area (Å²) < 4.78 is 0. The Kier molecular flexibility index (Phi) is 7.73. The summed E-state index contributed by atoms with van der Waals surface area (Å²) >= 11 is 0. The Labute approximate surface area is 163 Å². The van der Waals surface area contributed by atoms with Gasteiger partial charge in [-0.3, -0.25) is 9.59 Å². The van der Waals surface area contributed by atoms with E-state index in [4.69, 9.17) is 0 Å². The number of amides is 2. The summed E-state index contributed by atoms with van der Waals surface area (Å²) in [4.78, 5) is 26.5. The van der Waals surface area contributed by atoms with E-state index in [-0.39, 0.29) is 5.91 Å². The van der Waals surface area contributed by atoms with Crippen LogP contribution in [0.15, 0.2) is 30.3 Å². The fourth-order valence-electron chi connectivity index (χ4n) is 4.63. The van der Waals surface area contributed by atoms with E-state index in [1.165, 1.54) is 37.7 Å². The first-order valence-corrected chi connectivity index (χ1v) is 10.8. The molecule has 0 radical (unpaired) electrons. The van der Waals surface area contributed by atoms with Gasteiger partial charge < -0.3 is 10.2 Å². The van der Waals surface area contributed by atoms with Gasteiger partial charge in [0.25, 0.3) is 0 Å². The van der Waals surface area contributed by atoms with Crippen molar-refractivity contribution in [2.75, 3.05) is 19.6 Å². The van der Waals surface area contributed by atoms with Gasteiger partial charge in [0.2, 0.25) is 11.8 Å². The molecule has 0 spiro atoms. The average molecular weight is 371 g/mol. The summed E-state index contributed by atoms with van der Waals surface area (Å²) in [5.74, 6) is 2.00. The second-order valence-corrected chi connectivity index (χ2v) is 8.23. The summed E-state index contributed by atoms with van der Waals surface area (Å²) in [7, 11) is 0. The lowest BCUT2D eigenvalue weighted by Gasteiger charge is -2.41. The Bertz CT molecular complexity index is 602. The molecule has 1 aromatic rings. The van der Waals surface area contributed by atoms with Crippen LogP contribution in [0, 0.1) is 11.8 Å². The first-order chi connectivity index (χ1) is 13.2. The highest BCUT2D eigenvalue weighted by molar-refractivity contribution is 5.77. The maximum absolute atomic E-state index is 12.5. The molecule has 27 heavy (non-hydrogen) atoms. The number of carbonyl (C=O) groups is 2. The number of hydrogen-bond acceptors (Lipinski definition) is 2. The number of hydrogen-bond donors (Lipinski definition) is 1. The lowest BCUT2D eigenvalue weighted by Crippen LogP contribution is -2.44. The second-order valence-electron chi connectivity index (χ2n) is 8.23. The number of benzene rings is 1. The predicted molar refractivity (Wildman–Crippen MR) is 108 cm³/mol. The molecule has 2 fully saturated rings. The monoisotopic (exact) mass is 370 g/mol. The number of fused-ring (bicyclic) bond motifs is 1. The predicted octanol–water partition coefficient (Wildman–Crippen LogP) is 3.94. The zero-order valence-corrected chi connectivity index (χ0v) is 16.5. The molecule has 0 aromatic heterocycles. The average Bonchev–Trinajstić information content (AvgIpc) is 2.71. The van der Waals surface area contributed by atoms with Gasteiger partial charge in [-0.1, -0.05) is 49.6 Å². The van der Waals surface area contributed by atoms with Crippen molar-refractivity contribution in [2.45, 2.75) is 64.2 Å². The maximum atomic E-state index is 12.5. The first-order valence-electron chi connectivity index (χ1n) is 10.8. The summed E-state index contributed by atoms with van der Waals surface area (Å²) in [6.07, 6.45) is 10.2. The van der Waals surface area contributed by atoms with Crippen molar-refractivity contribution >= 4 is 11.8 Å². The topological polar surface area (TPSA) is 49.4 Å². The van der Waals surface area contributed by atoms with Crippen LogP contribution in [0.3, 0.4) is 0 Å². The zero-order chi connectivity index (χ0) is 18.9. The van der Waals surface area contributed by atoms with Gasteiger partial charge in [0.1, 0.15) is 0 Å². The van der Waals surface area contributed by atoms with Crippen LogP contribution >= 0.6 is 0 Å². The number of unbranched alkanes of at least 4 members (excludes halogenated alkanes) is 1. The van der Waals surface area contributed by atoms with Crippen LogP contribution in [-0.2, 0) is 16.0 Å². The van der Waals surface area contributed by atoms with Gasteiger partial charge in [0.05, 0.1) is 0 Å². The molecule has 2 aliphatic rings. The summed E-state index contributed by atoms with van der Waals surface area (Å²) in [5.41, 5.74) is 1.24. The van der Waals surface area contributed by atoms with Crippen LogP contribution in [0.4, 0.5) is 0 Å². The van der Waals surface area contributed by atoms with E-state index < -0.39 is 0 Å². The number of likely N-dealkylation sites (tertiary alicyclic amines) is 1. The van der Waals surface area contributed by atoms with Crippen LogP contribution in [0.5, 0.6) is 0 Å². The molecule has 1 aliphatic carbocycles.